The normalized spacial score (nSPS) is 19.1. The predicted octanol–water partition coefficient (Wildman–Crippen LogP) is 9.91. The summed E-state index contributed by atoms with van der Waals surface area (Å²) in [5.74, 6) is -3.51. The lowest BCUT2D eigenvalue weighted by Crippen LogP contribution is -2.41. The molecule has 1 saturated heterocycles. The molecule has 1 aliphatic rings. The van der Waals surface area contributed by atoms with Crippen LogP contribution in [-0.4, -0.2) is 70.8 Å². The van der Waals surface area contributed by atoms with Crippen molar-refractivity contribution in [3.05, 3.63) is 117 Å². The van der Waals surface area contributed by atoms with E-state index in [0.29, 0.717) is 35.2 Å². The third kappa shape index (κ3) is 8.91. The number of nitrogens with zero attached hydrogens (tertiary/aromatic N) is 3. The van der Waals surface area contributed by atoms with Crippen molar-refractivity contribution < 1.29 is 38.1 Å². The molecule has 3 aromatic carbocycles. The number of ether oxygens (including phenoxy) is 3. The first-order valence-electron chi connectivity index (χ1n) is 18.4. The van der Waals surface area contributed by atoms with E-state index < -0.39 is 56.7 Å². The maximum Gasteiger partial charge on any atom is 0.335 e. The van der Waals surface area contributed by atoms with E-state index in [0.717, 1.165) is 16.7 Å². The van der Waals surface area contributed by atoms with Gasteiger partial charge in [0.15, 0.2) is 26.8 Å². The van der Waals surface area contributed by atoms with E-state index in [4.69, 9.17) is 53.4 Å². The highest BCUT2D eigenvalue weighted by Gasteiger charge is 2.54. The van der Waals surface area contributed by atoms with Crippen molar-refractivity contribution in [3.63, 3.8) is 0 Å². The summed E-state index contributed by atoms with van der Waals surface area (Å²) >= 11 is 19.8. The number of hydrogen-bond donors (Lipinski definition) is 1. The average molecular weight is 853 g/mol. The Kier molecular flexibility index (Phi) is 12.5. The molecule has 6 rings (SSSR count). The molecule has 5 aromatic rings. The topological polar surface area (TPSA) is 139 Å². The fourth-order valence-electron chi connectivity index (χ4n) is 7.01. The number of carbonyl (C=O) groups is 3. The zero-order chi connectivity index (χ0) is 41.4. The molecule has 0 amide bonds. The molecule has 1 aliphatic heterocycles. The number of carboxylic acids is 1. The summed E-state index contributed by atoms with van der Waals surface area (Å²) in [5.41, 5.74) is 3.51. The summed E-state index contributed by atoms with van der Waals surface area (Å²) in [7, 11) is -2.11. The van der Waals surface area contributed by atoms with Gasteiger partial charge in [-0.05, 0) is 76.6 Å². The minimum atomic E-state index is -2.11. The van der Waals surface area contributed by atoms with Crippen LogP contribution in [0.15, 0.2) is 79.3 Å². The quantitative estimate of drug-likeness (QED) is 0.0733. The second-order valence-electron chi connectivity index (χ2n) is 15.5. The molecule has 15 heteroatoms. The number of carboxylic acid groups (broad SMARTS) is 1. The van der Waals surface area contributed by atoms with E-state index in [1.165, 1.54) is 26.2 Å². The molecule has 0 spiro atoms. The molecule has 0 radical (unpaired) electrons. The van der Waals surface area contributed by atoms with Crippen LogP contribution in [0.4, 0.5) is 0 Å². The van der Waals surface area contributed by atoms with E-state index in [9.17, 15) is 19.5 Å². The maximum atomic E-state index is 13.0. The number of benzene rings is 3. The summed E-state index contributed by atoms with van der Waals surface area (Å²) in [6.07, 6.45) is -1.24. The van der Waals surface area contributed by atoms with Crippen LogP contribution in [-0.2, 0) is 34.6 Å². The standard InChI is InChI=1S/C42H44Cl3N3O8Si/c1-23(49)54-36-35(33(27-14-16-31(43)32(44)20-27)30-19-26(13-15-29(30)41(51)52)25-11-9-8-10-12-25)56-40(37(36)55-24(2)50)48-21-28(34-38(45)46-22-47-39(34)48)17-18-53-57(6,7)42(3,4)5/h8-16,19-22,33,35-37,40H,17-18H2,1-7H3,(H,51,52)/t33-,35-,36-,37-,40-/m1/s1. The number of carbonyl (C=O) groups excluding carboxylic acids is 2. The molecule has 300 valence electrons. The van der Waals surface area contributed by atoms with Gasteiger partial charge in [0.25, 0.3) is 0 Å². The molecule has 1 fully saturated rings. The van der Waals surface area contributed by atoms with Crippen LogP contribution in [0.3, 0.4) is 0 Å². The predicted molar refractivity (Wildman–Crippen MR) is 222 cm³/mol. The van der Waals surface area contributed by atoms with Crippen LogP contribution in [0.2, 0.25) is 33.3 Å². The van der Waals surface area contributed by atoms with Crippen molar-refractivity contribution in [1.82, 2.24) is 14.5 Å². The Morgan fingerprint density at radius 2 is 1.58 bits per heavy atom. The van der Waals surface area contributed by atoms with E-state index in [1.54, 1.807) is 34.9 Å². The molecular weight excluding hydrogens is 809 g/mol. The van der Waals surface area contributed by atoms with Crippen LogP contribution in [0.25, 0.3) is 22.2 Å². The van der Waals surface area contributed by atoms with Crippen molar-refractivity contribution in [2.75, 3.05) is 6.61 Å². The molecule has 0 bridgehead atoms. The van der Waals surface area contributed by atoms with Crippen LogP contribution in [0, 0.1) is 0 Å². The third-order valence-electron chi connectivity index (χ3n) is 10.7. The first-order valence-corrected chi connectivity index (χ1v) is 22.4. The van der Waals surface area contributed by atoms with Gasteiger partial charge in [0, 0.05) is 32.6 Å². The highest BCUT2D eigenvalue weighted by atomic mass is 35.5. The number of esters is 2. The SMILES string of the molecule is CC(=O)O[C@@H]1[C@@H]([C@H](c2ccc(Cl)c(Cl)c2)c2cc(-c3ccccc3)ccc2C(=O)O)O[C@@H](n2cc(CCO[Si](C)(C)C(C)(C)C)c3c(Cl)ncnc32)[C@@H]1OC(C)=O. The summed E-state index contributed by atoms with van der Waals surface area (Å²) in [6, 6.07) is 19.4. The van der Waals surface area contributed by atoms with Crippen molar-refractivity contribution >= 4 is 72.1 Å². The van der Waals surface area contributed by atoms with Gasteiger partial charge in [-0.3, -0.25) is 9.59 Å². The van der Waals surface area contributed by atoms with Gasteiger partial charge in [0.05, 0.1) is 21.0 Å². The first kappa shape index (κ1) is 42.3. The molecule has 0 saturated carbocycles. The number of aromatic nitrogens is 3. The molecule has 1 N–H and O–H groups in total. The first-order chi connectivity index (χ1) is 26.9. The Hall–Kier alpha value is -4.30. The number of halogens is 3. The minimum Gasteiger partial charge on any atom is -0.478 e. The van der Waals surface area contributed by atoms with Gasteiger partial charge < -0.3 is 28.3 Å². The zero-order valence-corrected chi connectivity index (χ0v) is 35.9. The van der Waals surface area contributed by atoms with Crippen LogP contribution >= 0.6 is 34.8 Å². The number of hydrogen-bond acceptors (Lipinski definition) is 9. The van der Waals surface area contributed by atoms with Gasteiger partial charge in [-0.2, -0.15) is 0 Å². The second kappa shape index (κ2) is 16.9. The smallest absolute Gasteiger partial charge is 0.335 e. The van der Waals surface area contributed by atoms with Gasteiger partial charge in [-0.1, -0.05) is 98.0 Å². The lowest BCUT2D eigenvalue weighted by molar-refractivity contribution is -0.165. The molecule has 3 heterocycles. The largest absolute Gasteiger partial charge is 0.478 e. The van der Waals surface area contributed by atoms with E-state index in [-0.39, 0.29) is 25.8 Å². The highest BCUT2D eigenvalue weighted by molar-refractivity contribution is 6.74. The Bertz CT molecular complexity index is 2310. The number of rotatable bonds is 12. The van der Waals surface area contributed by atoms with Crippen molar-refractivity contribution in [2.45, 2.75) is 89.6 Å². The summed E-state index contributed by atoms with van der Waals surface area (Å²) < 4.78 is 27.2. The Morgan fingerprint density at radius 3 is 2.21 bits per heavy atom. The van der Waals surface area contributed by atoms with Crippen LogP contribution in [0.5, 0.6) is 0 Å². The van der Waals surface area contributed by atoms with Gasteiger partial charge in [0.2, 0.25) is 0 Å². The van der Waals surface area contributed by atoms with Crippen molar-refractivity contribution in [3.8, 4) is 11.1 Å². The molecule has 11 nitrogen and oxygen atoms in total. The van der Waals surface area contributed by atoms with Crippen molar-refractivity contribution in [2.24, 2.45) is 0 Å². The van der Waals surface area contributed by atoms with Crippen LogP contribution < -0.4 is 0 Å². The molecule has 0 aliphatic carbocycles. The van der Waals surface area contributed by atoms with Crippen LogP contribution in [0.1, 0.15) is 73.8 Å². The molecule has 0 unspecified atom stereocenters. The Labute approximate surface area is 347 Å². The molecule has 57 heavy (non-hydrogen) atoms. The maximum absolute atomic E-state index is 13.0. The zero-order valence-electron chi connectivity index (χ0n) is 32.6. The second-order valence-corrected chi connectivity index (χ2v) is 21.5. The van der Waals surface area contributed by atoms with Gasteiger partial charge in [-0.25, -0.2) is 14.8 Å². The summed E-state index contributed by atoms with van der Waals surface area (Å²) in [6.45, 7) is 13.7. The number of fused-ring (bicyclic) bond motifs is 1. The van der Waals surface area contributed by atoms with Gasteiger partial charge in [0.1, 0.15) is 23.2 Å². The fourth-order valence-corrected chi connectivity index (χ4v) is 8.62. The molecular formula is C42H44Cl3N3O8Si. The Morgan fingerprint density at radius 1 is 0.895 bits per heavy atom. The van der Waals surface area contributed by atoms with E-state index in [1.807, 2.05) is 36.5 Å². The Balaban J connectivity index is 1.55. The fraction of sp³-hybridized carbons (Fsp3) is 0.357. The van der Waals surface area contributed by atoms with Crippen molar-refractivity contribution in [1.29, 1.82) is 0 Å². The lowest BCUT2D eigenvalue weighted by atomic mass is 9.80. The number of aromatic carboxylic acids is 1. The third-order valence-corrected chi connectivity index (χ3v) is 16.3. The van der Waals surface area contributed by atoms with Gasteiger partial charge in [-0.15, -0.1) is 0 Å². The summed E-state index contributed by atoms with van der Waals surface area (Å²) in [4.78, 5) is 47.7. The van der Waals surface area contributed by atoms with E-state index >= 15 is 0 Å². The highest BCUT2D eigenvalue weighted by Crippen LogP contribution is 2.47. The summed E-state index contributed by atoms with van der Waals surface area (Å²) in [5, 5.41) is 11.8. The lowest BCUT2D eigenvalue weighted by Gasteiger charge is -2.36. The monoisotopic (exact) mass is 851 g/mol. The molecule has 2 aromatic heterocycles. The minimum absolute atomic E-state index is 0.0105. The average Bonchev–Trinajstić information content (AvgIpc) is 3.67. The molecule has 5 atom stereocenters. The van der Waals surface area contributed by atoms with Gasteiger partial charge >= 0.3 is 17.9 Å². The van der Waals surface area contributed by atoms with E-state index in [2.05, 4.69) is 43.8 Å².